The molecule has 0 aromatic heterocycles. The molecule has 0 bridgehead atoms. The van der Waals surface area contributed by atoms with Gasteiger partial charge in [0, 0.05) is 31.1 Å². The van der Waals surface area contributed by atoms with Crippen molar-refractivity contribution < 1.29 is 21.6 Å². The van der Waals surface area contributed by atoms with E-state index in [1.165, 1.54) is 23.5 Å². The fourth-order valence-corrected chi connectivity index (χ4v) is 7.85. The van der Waals surface area contributed by atoms with Crippen LogP contribution in [0.5, 0.6) is 0 Å². The van der Waals surface area contributed by atoms with Crippen molar-refractivity contribution in [2.75, 3.05) is 32.6 Å². The van der Waals surface area contributed by atoms with Gasteiger partial charge in [0.1, 0.15) is 4.75 Å². The highest BCUT2D eigenvalue weighted by Crippen LogP contribution is 2.46. The van der Waals surface area contributed by atoms with Gasteiger partial charge in [-0.15, -0.1) is 0 Å². The summed E-state index contributed by atoms with van der Waals surface area (Å²) in [6.07, 6.45) is 0.515. The molecule has 2 heterocycles. The van der Waals surface area contributed by atoms with Gasteiger partial charge in [0.2, 0.25) is 10.0 Å². The highest BCUT2D eigenvalue weighted by Gasteiger charge is 2.63. The van der Waals surface area contributed by atoms with Crippen LogP contribution >= 0.6 is 11.6 Å². The number of rotatable bonds is 4. The van der Waals surface area contributed by atoms with E-state index in [4.69, 9.17) is 16.3 Å². The van der Waals surface area contributed by atoms with Gasteiger partial charge in [0.25, 0.3) is 0 Å². The van der Waals surface area contributed by atoms with Gasteiger partial charge in [-0.25, -0.2) is 16.8 Å². The Labute approximate surface area is 141 Å². The summed E-state index contributed by atoms with van der Waals surface area (Å²) in [6.45, 7) is 0.292. The summed E-state index contributed by atoms with van der Waals surface area (Å²) in [5, 5.41) is 0.326. The van der Waals surface area contributed by atoms with Gasteiger partial charge in [-0.1, -0.05) is 17.7 Å². The Kier molecular flexibility index (Phi) is 4.25. The summed E-state index contributed by atoms with van der Waals surface area (Å²) < 4.78 is 55.4. The van der Waals surface area contributed by atoms with Crippen molar-refractivity contribution in [1.29, 1.82) is 0 Å². The molecule has 0 aliphatic carbocycles. The topological polar surface area (TPSA) is 80.8 Å². The van der Waals surface area contributed by atoms with Crippen LogP contribution in [-0.2, 0) is 24.6 Å². The third-order valence-corrected chi connectivity index (χ3v) is 9.41. The van der Waals surface area contributed by atoms with E-state index in [1.54, 1.807) is 12.1 Å². The van der Waals surface area contributed by atoms with Crippen LogP contribution in [0.25, 0.3) is 0 Å². The van der Waals surface area contributed by atoms with Gasteiger partial charge in [0.05, 0.1) is 17.3 Å². The van der Waals surface area contributed by atoms with E-state index < -0.39 is 24.6 Å². The molecule has 6 nitrogen and oxygen atoms in total. The number of hydrogen-bond acceptors (Lipinski definition) is 5. The quantitative estimate of drug-likeness (QED) is 0.784. The zero-order valence-electron chi connectivity index (χ0n) is 12.6. The number of benzene rings is 1. The molecular formula is C14H18ClNO5S2. The second-order valence-electron chi connectivity index (χ2n) is 6.06. The fraction of sp³-hybridized carbons (Fsp3) is 0.571. The summed E-state index contributed by atoms with van der Waals surface area (Å²) in [6, 6.07) is 5.98. The van der Waals surface area contributed by atoms with Crippen molar-refractivity contribution in [1.82, 2.24) is 4.31 Å². The molecule has 2 aliphatic heterocycles. The molecule has 2 saturated heterocycles. The normalized spacial score (nSPS) is 26.3. The van der Waals surface area contributed by atoms with Crippen LogP contribution < -0.4 is 0 Å². The molecule has 0 saturated carbocycles. The molecule has 128 valence electrons. The molecule has 2 aliphatic rings. The summed E-state index contributed by atoms with van der Waals surface area (Å²) >= 11 is 5.85. The number of sulfonamides is 1. The first-order chi connectivity index (χ1) is 10.7. The van der Waals surface area contributed by atoms with E-state index in [0.717, 1.165) is 0 Å². The van der Waals surface area contributed by atoms with Crippen LogP contribution in [0, 0.1) is 5.92 Å². The lowest BCUT2D eigenvalue weighted by atomic mass is 9.85. The van der Waals surface area contributed by atoms with Gasteiger partial charge >= 0.3 is 0 Å². The fourth-order valence-electron chi connectivity index (χ4n) is 3.41. The maximum atomic E-state index is 12.6. The third-order valence-electron chi connectivity index (χ3n) is 4.79. The van der Waals surface area contributed by atoms with Crippen LogP contribution in [0.2, 0.25) is 5.02 Å². The molecule has 1 spiro atoms. The Bertz CT molecular complexity index is 815. The second kappa shape index (κ2) is 5.70. The molecular weight excluding hydrogens is 362 g/mol. The third kappa shape index (κ3) is 2.60. The summed E-state index contributed by atoms with van der Waals surface area (Å²) in [5.41, 5.74) is 0. The van der Waals surface area contributed by atoms with Crippen LogP contribution in [-0.4, -0.2) is 58.4 Å². The van der Waals surface area contributed by atoms with Crippen LogP contribution in [0.3, 0.4) is 0 Å². The Hall–Kier alpha value is -0.670. The Morgan fingerprint density at radius 1 is 1.39 bits per heavy atom. The number of ether oxygens (including phenoxy) is 1. The first kappa shape index (κ1) is 17.2. The molecule has 2 fully saturated rings. The summed E-state index contributed by atoms with van der Waals surface area (Å²) in [5.74, 6) is -0.0742. The van der Waals surface area contributed by atoms with Crippen LogP contribution in [0.1, 0.15) is 6.42 Å². The smallest absolute Gasteiger partial charge is 0.243 e. The van der Waals surface area contributed by atoms with E-state index in [9.17, 15) is 16.8 Å². The molecule has 9 heteroatoms. The Morgan fingerprint density at radius 3 is 2.70 bits per heavy atom. The number of hydrogen-bond donors (Lipinski definition) is 0. The Balaban J connectivity index is 1.87. The molecule has 0 amide bonds. The van der Waals surface area contributed by atoms with Crippen molar-refractivity contribution in [2.24, 2.45) is 5.92 Å². The summed E-state index contributed by atoms with van der Waals surface area (Å²) in [7, 11) is -5.52. The van der Waals surface area contributed by atoms with Gasteiger partial charge in [-0.05, 0) is 24.6 Å². The van der Waals surface area contributed by atoms with E-state index in [0.29, 0.717) is 18.1 Å². The van der Waals surface area contributed by atoms with E-state index in [2.05, 4.69) is 0 Å². The highest BCUT2D eigenvalue weighted by atomic mass is 35.5. The average Bonchev–Trinajstić information content (AvgIpc) is 2.69. The summed E-state index contributed by atoms with van der Waals surface area (Å²) in [4.78, 5) is 0.0820. The zero-order chi connectivity index (χ0) is 16.9. The standard InChI is InChI=1S/C14H18ClNO5S2/c1-21-8-11-5-6-22(17,18)14(11)9-16(10-14)23(19,20)13-4-2-3-12(15)7-13/h2-4,7,11H,5-6,8-10H2,1H3/t11-/m0/s1. The van der Waals surface area contributed by atoms with Gasteiger partial charge in [-0.2, -0.15) is 4.31 Å². The molecule has 0 N–H and O–H groups in total. The maximum absolute atomic E-state index is 12.6. The minimum absolute atomic E-state index is 0.0157. The monoisotopic (exact) mass is 379 g/mol. The van der Waals surface area contributed by atoms with Gasteiger partial charge < -0.3 is 4.74 Å². The number of methoxy groups -OCH3 is 1. The van der Waals surface area contributed by atoms with Gasteiger partial charge in [-0.3, -0.25) is 0 Å². The van der Waals surface area contributed by atoms with Crippen molar-refractivity contribution in [2.45, 2.75) is 16.1 Å². The van der Waals surface area contributed by atoms with Crippen LogP contribution in [0.15, 0.2) is 29.2 Å². The molecule has 1 aromatic rings. The number of sulfone groups is 1. The van der Waals surface area contributed by atoms with E-state index in [1.807, 2.05) is 0 Å². The molecule has 23 heavy (non-hydrogen) atoms. The van der Waals surface area contributed by atoms with Crippen molar-refractivity contribution in [3.8, 4) is 0 Å². The minimum atomic E-state index is -3.73. The predicted octanol–water partition coefficient (Wildman–Crippen LogP) is 1.16. The molecule has 0 unspecified atom stereocenters. The zero-order valence-corrected chi connectivity index (χ0v) is 15.0. The van der Waals surface area contributed by atoms with Crippen molar-refractivity contribution >= 4 is 31.5 Å². The van der Waals surface area contributed by atoms with E-state index >= 15 is 0 Å². The minimum Gasteiger partial charge on any atom is -0.384 e. The number of halogens is 1. The van der Waals surface area contributed by atoms with E-state index in [-0.39, 0.29) is 29.7 Å². The molecule has 1 aromatic carbocycles. The lowest BCUT2D eigenvalue weighted by molar-refractivity contribution is 0.0867. The SMILES string of the molecule is COC[C@@H]1CCS(=O)(=O)C12CN(S(=O)(=O)c1cccc(Cl)c1)C2. The van der Waals surface area contributed by atoms with Crippen molar-refractivity contribution in [3.63, 3.8) is 0 Å². The van der Waals surface area contributed by atoms with Crippen LogP contribution in [0.4, 0.5) is 0 Å². The Morgan fingerprint density at radius 2 is 2.09 bits per heavy atom. The first-order valence-electron chi connectivity index (χ1n) is 7.20. The van der Waals surface area contributed by atoms with Gasteiger partial charge in [0.15, 0.2) is 9.84 Å². The average molecular weight is 380 g/mol. The molecule has 1 atom stereocenters. The maximum Gasteiger partial charge on any atom is 0.243 e. The highest BCUT2D eigenvalue weighted by molar-refractivity contribution is 7.93. The number of nitrogens with zero attached hydrogens (tertiary/aromatic N) is 1. The lowest BCUT2D eigenvalue weighted by Crippen LogP contribution is -2.68. The molecule has 3 rings (SSSR count). The first-order valence-corrected chi connectivity index (χ1v) is 10.7. The second-order valence-corrected chi connectivity index (χ2v) is 10.9. The molecule has 0 radical (unpaired) electrons. The lowest BCUT2D eigenvalue weighted by Gasteiger charge is -2.48. The van der Waals surface area contributed by atoms with Crippen molar-refractivity contribution in [3.05, 3.63) is 29.3 Å². The predicted molar refractivity (Wildman–Crippen MR) is 86.7 cm³/mol. The largest absolute Gasteiger partial charge is 0.384 e.